The minimum Gasteiger partial charge on any atom is -0.466 e. The number of anilines is 1. The van der Waals surface area contributed by atoms with Gasteiger partial charge in [-0.15, -0.1) is 0 Å². The van der Waals surface area contributed by atoms with Crippen LogP contribution in [0.15, 0.2) is 34.7 Å². The van der Waals surface area contributed by atoms with Gasteiger partial charge in [-0.1, -0.05) is 0 Å². The van der Waals surface area contributed by atoms with E-state index in [0.29, 0.717) is 17.1 Å². The third-order valence-corrected chi connectivity index (χ3v) is 3.68. The number of nitrogens with one attached hydrogen (secondary N) is 2. The average Bonchev–Trinajstić information content (AvgIpc) is 2.93. The number of benzene rings is 1. The third kappa shape index (κ3) is 4.90. The molecule has 0 aliphatic rings. The fraction of sp³-hybridized carbons (Fsp3) is 0.294. The highest BCUT2D eigenvalue weighted by Crippen LogP contribution is 2.23. The number of non-ortho nitro benzene ring substituents is 1. The van der Waals surface area contributed by atoms with E-state index in [9.17, 15) is 24.8 Å². The maximum atomic E-state index is 11.8. The van der Waals surface area contributed by atoms with Gasteiger partial charge in [0.05, 0.1) is 11.0 Å². The second-order valence-electron chi connectivity index (χ2n) is 5.69. The van der Waals surface area contributed by atoms with E-state index < -0.39 is 22.8 Å². The van der Waals surface area contributed by atoms with Crippen LogP contribution in [0.3, 0.4) is 0 Å². The zero-order valence-electron chi connectivity index (χ0n) is 14.3. The predicted molar refractivity (Wildman–Crippen MR) is 92.5 cm³/mol. The number of carbonyl (C=O) groups excluding carboxylic acids is 2. The summed E-state index contributed by atoms with van der Waals surface area (Å²) in [6, 6.07) is 6.83. The number of aliphatic hydroxyl groups is 1. The normalized spacial score (nSPS) is 11.7. The zero-order chi connectivity index (χ0) is 19.3. The van der Waals surface area contributed by atoms with E-state index >= 15 is 0 Å². The molecule has 1 atom stereocenters. The lowest BCUT2D eigenvalue weighted by molar-refractivity contribution is -0.384. The predicted octanol–water partition coefficient (Wildman–Crippen LogP) is 1.98. The Morgan fingerprint density at radius 1 is 1.23 bits per heavy atom. The molecule has 1 unspecified atom stereocenters. The van der Waals surface area contributed by atoms with E-state index in [1.807, 2.05) is 0 Å². The monoisotopic (exact) mass is 361 g/mol. The van der Waals surface area contributed by atoms with Crippen molar-refractivity contribution in [3.63, 3.8) is 0 Å². The SMILES string of the molecule is Cc1cc(C(O)CCNC(=O)C(=O)Nc2ccc([N+](=O)[O-])cc2)c(C)o1. The number of hydrogen-bond donors (Lipinski definition) is 3. The van der Waals surface area contributed by atoms with Crippen molar-refractivity contribution in [2.45, 2.75) is 26.4 Å². The van der Waals surface area contributed by atoms with Gasteiger partial charge in [-0.05, 0) is 38.5 Å². The zero-order valence-corrected chi connectivity index (χ0v) is 14.3. The maximum Gasteiger partial charge on any atom is 0.313 e. The van der Waals surface area contributed by atoms with Crippen LogP contribution in [0.25, 0.3) is 0 Å². The van der Waals surface area contributed by atoms with Gasteiger partial charge in [0.1, 0.15) is 11.5 Å². The Hall–Kier alpha value is -3.20. The van der Waals surface area contributed by atoms with Crippen LogP contribution < -0.4 is 10.6 Å². The smallest absolute Gasteiger partial charge is 0.313 e. The molecule has 3 N–H and O–H groups in total. The second kappa shape index (κ2) is 8.26. The van der Waals surface area contributed by atoms with Crippen molar-refractivity contribution in [1.29, 1.82) is 0 Å². The average molecular weight is 361 g/mol. The van der Waals surface area contributed by atoms with E-state index in [-0.39, 0.29) is 24.3 Å². The molecule has 2 amide bonds. The van der Waals surface area contributed by atoms with Gasteiger partial charge in [0.15, 0.2) is 0 Å². The van der Waals surface area contributed by atoms with Crippen molar-refractivity contribution < 1.29 is 24.0 Å². The van der Waals surface area contributed by atoms with Crippen LogP contribution in [-0.4, -0.2) is 28.4 Å². The summed E-state index contributed by atoms with van der Waals surface area (Å²) in [5.41, 5.74) is 0.790. The lowest BCUT2D eigenvalue weighted by Crippen LogP contribution is -2.36. The number of carbonyl (C=O) groups is 2. The molecule has 9 nitrogen and oxygen atoms in total. The molecule has 1 aromatic heterocycles. The summed E-state index contributed by atoms with van der Waals surface area (Å²) in [7, 11) is 0. The molecule has 9 heteroatoms. The van der Waals surface area contributed by atoms with Crippen molar-refractivity contribution in [3.8, 4) is 0 Å². The lowest BCUT2D eigenvalue weighted by Gasteiger charge is -2.10. The Kier molecular flexibility index (Phi) is 6.07. The third-order valence-electron chi connectivity index (χ3n) is 3.68. The van der Waals surface area contributed by atoms with Gasteiger partial charge in [-0.25, -0.2) is 0 Å². The minimum absolute atomic E-state index is 0.0946. The van der Waals surface area contributed by atoms with Crippen LogP contribution in [0.1, 0.15) is 29.6 Å². The standard InChI is InChI=1S/C17H19N3O6/c1-10-9-14(11(2)26-10)15(21)7-8-18-16(22)17(23)19-12-3-5-13(6-4-12)20(24)25/h3-6,9,15,21H,7-8H2,1-2H3,(H,18,22)(H,19,23). The molecule has 26 heavy (non-hydrogen) atoms. The number of amides is 2. The Morgan fingerprint density at radius 2 is 1.88 bits per heavy atom. The molecule has 2 rings (SSSR count). The number of nitrogens with zero attached hydrogens (tertiary/aromatic N) is 1. The lowest BCUT2D eigenvalue weighted by atomic mass is 10.1. The molecule has 0 saturated heterocycles. The molecule has 1 aromatic carbocycles. The van der Waals surface area contributed by atoms with Crippen LogP contribution >= 0.6 is 0 Å². The first kappa shape index (κ1) is 19.1. The highest BCUT2D eigenvalue weighted by atomic mass is 16.6. The molecule has 0 aliphatic carbocycles. The molecule has 0 radical (unpaired) electrons. The molecule has 138 valence electrons. The van der Waals surface area contributed by atoms with Gasteiger partial charge < -0.3 is 20.2 Å². The van der Waals surface area contributed by atoms with Crippen molar-refractivity contribution in [2.75, 3.05) is 11.9 Å². The number of aliphatic hydroxyl groups excluding tert-OH is 1. The largest absolute Gasteiger partial charge is 0.466 e. The van der Waals surface area contributed by atoms with Crippen LogP contribution in [-0.2, 0) is 9.59 Å². The molecule has 0 spiro atoms. The van der Waals surface area contributed by atoms with Gasteiger partial charge in [-0.2, -0.15) is 0 Å². The first-order valence-corrected chi connectivity index (χ1v) is 7.86. The van der Waals surface area contributed by atoms with Crippen LogP contribution in [0.5, 0.6) is 0 Å². The summed E-state index contributed by atoms with van der Waals surface area (Å²) in [4.78, 5) is 33.6. The van der Waals surface area contributed by atoms with Crippen molar-refractivity contribution in [1.82, 2.24) is 5.32 Å². The van der Waals surface area contributed by atoms with E-state index in [2.05, 4.69) is 10.6 Å². The Balaban J connectivity index is 1.80. The minimum atomic E-state index is -0.899. The summed E-state index contributed by atoms with van der Waals surface area (Å²) >= 11 is 0. The van der Waals surface area contributed by atoms with Gasteiger partial charge in [0.2, 0.25) is 0 Å². The molecule has 0 fully saturated rings. The topological polar surface area (TPSA) is 135 Å². The molecular formula is C17H19N3O6. The highest BCUT2D eigenvalue weighted by molar-refractivity contribution is 6.39. The van der Waals surface area contributed by atoms with E-state index in [1.54, 1.807) is 19.9 Å². The van der Waals surface area contributed by atoms with Gasteiger partial charge in [0.25, 0.3) is 5.69 Å². The molecule has 0 aliphatic heterocycles. The molecular weight excluding hydrogens is 342 g/mol. The summed E-state index contributed by atoms with van der Waals surface area (Å²) in [5.74, 6) is -0.473. The van der Waals surface area contributed by atoms with Crippen molar-refractivity contribution in [3.05, 3.63) is 57.5 Å². The quantitative estimate of drug-likeness (QED) is 0.409. The number of aryl methyl sites for hydroxylation is 2. The van der Waals surface area contributed by atoms with Crippen molar-refractivity contribution in [2.24, 2.45) is 0 Å². The second-order valence-corrected chi connectivity index (χ2v) is 5.69. The first-order chi connectivity index (χ1) is 12.3. The van der Waals surface area contributed by atoms with Crippen LogP contribution in [0.4, 0.5) is 11.4 Å². The number of furan rings is 1. The number of nitro groups is 1. The summed E-state index contributed by atoms with van der Waals surface area (Å²) in [5, 5.41) is 25.4. The van der Waals surface area contributed by atoms with Crippen molar-refractivity contribution >= 4 is 23.2 Å². The van der Waals surface area contributed by atoms with Gasteiger partial charge in [-0.3, -0.25) is 19.7 Å². The molecule has 0 saturated carbocycles. The maximum absolute atomic E-state index is 11.8. The Labute approximate surface area is 149 Å². The van der Waals surface area contributed by atoms with Gasteiger partial charge >= 0.3 is 11.8 Å². The fourth-order valence-electron chi connectivity index (χ4n) is 2.39. The van der Waals surface area contributed by atoms with Crippen LogP contribution in [0.2, 0.25) is 0 Å². The summed E-state index contributed by atoms with van der Waals surface area (Å²) < 4.78 is 5.34. The number of nitro benzene ring substituents is 1. The van der Waals surface area contributed by atoms with Gasteiger partial charge in [0, 0.05) is 29.9 Å². The number of rotatable bonds is 6. The summed E-state index contributed by atoms with van der Waals surface area (Å²) in [6.07, 6.45) is -0.596. The van der Waals surface area contributed by atoms with E-state index in [0.717, 1.165) is 0 Å². The molecule has 0 bridgehead atoms. The fourth-order valence-corrected chi connectivity index (χ4v) is 2.39. The van der Waals surface area contributed by atoms with E-state index in [1.165, 1.54) is 24.3 Å². The number of hydrogen-bond acceptors (Lipinski definition) is 6. The highest BCUT2D eigenvalue weighted by Gasteiger charge is 2.17. The molecule has 2 aromatic rings. The summed E-state index contributed by atoms with van der Waals surface area (Å²) in [6.45, 7) is 3.60. The van der Waals surface area contributed by atoms with Crippen LogP contribution in [0, 0.1) is 24.0 Å². The Bertz CT molecular complexity index is 812. The van der Waals surface area contributed by atoms with E-state index in [4.69, 9.17) is 4.42 Å². The first-order valence-electron chi connectivity index (χ1n) is 7.86. The Morgan fingerprint density at radius 3 is 2.42 bits per heavy atom. The molecule has 1 heterocycles.